The van der Waals surface area contributed by atoms with Crippen LogP contribution in [0, 0.1) is 0 Å². The van der Waals surface area contributed by atoms with E-state index < -0.39 is 5.38 Å². The minimum absolute atomic E-state index is 0.0142. The van der Waals surface area contributed by atoms with Crippen LogP contribution in [0.25, 0.3) is 6.08 Å². The number of benzene rings is 1. The number of halogens is 1. The Morgan fingerprint density at radius 1 is 1.27 bits per heavy atom. The molecule has 0 radical (unpaired) electrons. The topological polar surface area (TPSA) is 39.4 Å². The largest absolute Gasteiger partial charge is 0.497 e. The Kier molecular flexibility index (Phi) is 4.34. The van der Waals surface area contributed by atoms with E-state index in [1.54, 1.807) is 13.4 Å². The Balaban J connectivity index is 1.86. The number of ketones is 1. The van der Waals surface area contributed by atoms with Gasteiger partial charge in [0.25, 0.3) is 0 Å². The Hall–Kier alpha value is -2.00. The first kappa shape index (κ1) is 14.9. The fraction of sp³-hybridized carbons (Fsp3) is 0.278. The average molecular weight is 317 g/mol. The van der Waals surface area contributed by atoms with Crippen LogP contribution in [-0.2, 0) is 4.79 Å². The standard InChI is InChI=1S/C18H17ClO3/c1-21-15-6-4-12(5-7-15)9-14-10-13(11-16(19)18(14)20)17-3-2-8-22-17/h2-9,13,16H,10-11H2,1H3. The normalized spacial score (nSPS) is 23.7. The number of Topliss-reactive ketones (excluding diaryl/α,β-unsaturated/α-hetero) is 1. The molecule has 4 heteroatoms. The molecule has 0 amide bonds. The number of alkyl halides is 1. The highest BCUT2D eigenvalue weighted by Gasteiger charge is 2.33. The van der Waals surface area contributed by atoms with Crippen molar-refractivity contribution in [2.45, 2.75) is 24.1 Å². The molecular formula is C18H17ClO3. The first-order chi connectivity index (χ1) is 10.7. The van der Waals surface area contributed by atoms with E-state index in [0.717, 1.165) is 22.6 Å². The van der Waals surface area contributed by atoms with E-state index in [0.29, 0.717) is 12.8 Å². The van der Waals surface area contributed by atoms with Crippen molar-refractivity contribution in [2.24, 2.45) is 0 Å². The molecule has 1 aliphatic rings. The van der Waals surface area contributed by atoms with Crippen molar-refractivity contribution < 1.29 is 13.9 Å². The molecule has 1 heterocycles. The molecule has 114 valence electrons. The molecule has 0 aliphatic heterocycles. The van der Waals surface area contributed by atoms with Crippen LogP contribution < -0.4 is 4.74 Å². The van der Waals surface area contributed by atoms with E-state index >= 15 is 0 Å². The van der Waals surface area contributed by atoms with Gasteiger partial charge in [0.1, 0.15) is 11.5 Å². The van der Waals surface area contributed by atoms with E-state index in [1.807, 2.05) is 42.5 Å². The summed E-state index contributed by atoms with van der Waals surface area (Å²) in [4.78, 5) is 12.3. The lowest BCUT2D eigenvalue weighted by molar-refractivity contribution is -0.116. The van der Waals surface area contributed by atoms with Crippen molar-refractivity contribution in [1.82, 2.24) is 0 Å². The molecule has 22 heavy (non-hydrogen) atoms. The van der Waals surface area contributed by atoms with Gasteiger partial charge in [-0.2, -0.15) is 0 Å². The van der Waals surface area contributed by atoms with Crippen LogP contribution in [0.2, 0.25) is 0 Å². The minimum Gasteiger partial charge on any atom is -0.497 e. The lowest BCUT2D eigenvalue weighted by atomic mass is 9.82. The molecule has 1 aromatic heterocycles. The molecule has 2 atom stereocenters. The van der Waals surface area contributed by atoms with Crippen molar-refractivity contribution in [3.8, 4) is 5.75 Å². The molecule has 0 N–H and O–H groups in total. The highest BCUT2D eigenvalue weighted by Crippen LogP contribution is 2.37. The van der Waals surface area contributed by atoms with Gasteiger partial charge in [0.15, 0.2) is 5.78 Å². The van der Waals surface area contributed by atoms with Crippen molar-refractivity contribution in [3.05, 3.63) is 59.6 Å². The number of furan rings is 1. The number of hydrogen-bond acceptors (Lipinski definition) is 3. The zero-order valence-corrected chi connectivity index (χ0v) is 13.0. The number of methoxy groups -OCH3 is 1. The van der Waals surface area contributed by atoms with Gasteiger partial charge in [0.2, 0.25) is 0 Å². The van der Waals surface area contributed by atoms with Crippen molar-refractivity contribution >= 4 is 23.5 Å². The molecule has 0 bridgehead atoms. The Morgan fingerprint density at radius 2 is 2.05 bits per heavy atom. The van der Waals surface area contributed by atoms with E-state index in [-0.39, 0.29) is 11.7 Å². The maximum absolute atomic E-state index is 12.3. The summed E-state index contributed by atoms with van der Waals surface area (Å²) in [6.07, 6.45) is 4.84. The summed E-state index contributed by atoms with van der Waals surface area (Å²) in [5, 5.41) is -0.492. The predicted octanol–water partition coefficient (Wildman–Crippen LogP) is 4.43. The van der Waals surface area contributed by atoms with Gasteiger partial charge >= 0.3 is 0 Å². The second kappa shape index (κ2) is 6.41. The van der Waals surface area contributed by atoms with Gasteiger partial charge in [0.05, 0.1) is 18.8 Å². The van der Waals surface area contributed by atoms with E-state index in [2.05, 4.69) is 0 Å². The van der Waals surface area contributed by atoms with Gasteiger partial charge in [-0.1, -0.05) is 12.1 Å². The molecule has 0 saturated heterocycles. The fourth-order valence-corrected chi connectivity index (χ4v) is 3.13. The van der Waals surface area contributed by atoms with Gasteiger partial charge in [-0.3, -0.25) is 4.79 Å². The molecule has 2 unspecified atom stereocenters. The van der Waals surface area contributed by atoms with Gasteiger partial charge in [0, 0.05) is 5.92 Å². The second-order valence-electron chi connectivity index (χ2n) is 5.43. The van der Waals surface area contributed by atoms with Crippen molar-refractivity contribution in [2.75, 3.05) is 7.11 Å². The molecule has 2 aromatic rings. The Morgan fingerprint density at radius 3 is 2.68 bits per heavy atom. The maximum atomic E-state index is 12.3. The molecule has 0 spiro atoms. The molecule has 1 fully saturated rings. The molecular weight excluding hydrogens is 300 g/mol. The number of carbonyl (C=O) groups excluding carboxylic acids is 1. The van der Waals surface area contributed by atoms with Crippen LogP contribution in [0.3, 0.4) is 0 Å². The lowest BCUT2D eigenvalue weighted by Crippen LogP contribution is -2.26. The Bertz CT molecular complexity index is 671. The first-order valence-electron chi connectivity index (χ1n) is 7.23. The smallest absolute Gasteiger partial charge is 0.176 e. The number of hydrogen-bond donors (Lipinski definition) is 0. The maximum Gasteiger partial charge on any atom is 0.176 e. The molecule has 1 aliphatic carbocycles. The molecule has 1 saturated carbocycles. The third-order valence-electron chi connectivity index (χ3n) is 3.96. The van der Waals surface area contributed by atoms with Crippen LogP contribution >= 0.6 is 11.6 Å². The third kappa shape index (κ3) is 3.09. The van der Waals surface area contributed by atoms with Gasteiger partial charge < -0.3 is 9.15 Å². The monoisotopic (exact) mass is 316 g/mol. The quantitative estimate of drug-likeness (QED) is 0.621. The van der Waals surface area contributed by atoms with Crippen LogP contribution in [0.15, 0.2) is 52.7 Å². The SMILES string of the molecule is COc1ccc(C=C2CC(c3ccco3)CC(Cl)C2=O)cc1. The number of rotatable bonds is 3. The highest BCUT2D eigenvalue weighted by molar-refractivity contribution is 6.34. The summed E-state index contributed by atoms with van der Waals surface area (Å²) in [5.41, 5.74) is 1.71. The predicted molar refractivity (Wildman–Crippen MR) is 86.3 cm³/mol. The van der Waals surface area contributed by atoms with Crippen molar-refractivity contribution in [3.63, 3.8) is 0 Å². The van der Waals surface area contributed by atoms with Crippen LogP contribution in [0.1, 0.15) is 30.1 Å². The number of allylic oxidation sites excluding steroid dienone is 1. The van der Waals surface area contributed by atoms with Crippen LogP contribution in [-0.4, -0.2) is 18.3 Å². The molecule has 1 aromatic carbocycles. The minimum atomic E-state index is -0.492. The van der Waals surface area contributed by atoms with Gasteiger partial charge in [-0.25, -0.2) is 0 Å². The molecule has 3 rings (SSSR count). The fourth-order valence-electron chi connectivity index (χ4n) is 2.78. The van der Waals surface area contributed by atoms with E-state index in [9.17, 15) is 4.79 Å². The second-order valence-corrected chi connectivity index (χ2v) is 5.95. The Labute approximate surface area is 134 Å². The number of ether oxygens (including phenoxy) is 1. The van der Waals surface area contributed by atoms with Crippen molar-refractivity contribution in [1.29, 1.82) is 0 Å². The number of carbonyl (C=O) groups is 1. The summed E-state index contributed by atoms with van der Waals surface area (Å²) >= 11 is 6.24. The van der Waals surface area contributed by atoms with Gasteiger partial charge in [-0.05, 0) is 54.3 Å². The lowest BCUT2D eigenvalue weighted by Gasteiger charge is -2.25. The van der Waals surface area contributed by atoms with Crippen LogP contribution in [0.5, 0.6) is 5.75 Å². The van der Waals surface area contributed by atoms with E-state index in [4.69, 9.17) is 20.8 Å². The highest BCUT2D eigenvalue weighted by atomic mass is 35.5. The first-order valence-corrected chi connectivity index (χ1v) is 7.67. The molecule has 3 nitrogen and oxygen atoms in total. The summed E-state index contributed by atoms with van der Waals surface area (Å²) in [6, 6.07) is 11.4. The summed E-state index contributed by atoms with van der Waals surface area (Å²) in [6.45, 7) is 0. The average Bonchev–Trinajstić information content (AvgIpc) is 3.07. The zero-order chi connectivity index (χ0) is 15.5. The van der Waals surface area contributed by atoms with Crippen LogP contribution in [0.4, 0.5) is 0 Å². The third-order valence-corrected chi connectivity index (χ3v) is 4.34. The zero-order valence-electron chi connectivity index (χ0n) is 12.3. The summed E-state index contributed by atoms with van der Waals surface area (Å²) < 4.78 is 10.6. The summed E-state index contributed by atoms with van der Waals surface area (Å²) in [7, 11) is 1.63. The van der Waals surface area contributed by atoms with Gasteiger partial charge in [-0.15, -0.1) is 11.6 Å². The van der Waals surface area contributed by atoms with E-state index in [1.165, 1.54) is 0 Å². The summed E-state index contributed by atoms with van der Waals surface area (Å²) in [5.74, 6) is 1.85.